The molecule has 2 aromatic carbocycles. The van der Waals surface area contributed by atoms with E-state index in [9.17, 15) is 4.39 Å². The molecule has 0 saturated heterocycles. The molecule has 0 aromatic heterocycles. The van der Waals surface area contributed by atoms with Gasteiger partial charge >= 0.3 is 0 Å². The zero-order valence-electron chi connectivity index (χ0n) is 18.6. The quantitative estimate of drug-likeness (QED) is 0.353. The smallest absolute Gasteiger partial charge is 0.191 e. The van der Waals surface area contributed by atoms with Crippen molar-refractivity contribution in [2.75, 3.05) is 46.4 Å². The highest BCUT2D eigenvalue weighted by Gasteiger charge is 2.08. The highest BCUT2D eigenvalue weighted by molar-refractivity contribution is 5.79. The first-order valence-electron chi connectivity index (χ1n) is 10.1. The largest absolute Gasteiger partial charge is 0.493 e. The van der Waals surface area contributed by atoms with Crippen LogP contribution in [0.25, 0.3) is 0 Å². The third kappa shape index (κ3) is 7.22. The van der Waals surface area contributed by atoms with Crippen LogP contribution in [-0.2, 0) is 17.8 Å². The Morgan fingerprint density at radius 3 is 2.50 bits per heavy atom. The van der Waals surface area contributed by atoms with Crippen LogP contribution in [0.3, 0.4) is 0 Å². The van der Waals surface area contributed by atoms with Crippen LogP contribution in [-0.4, -0.2) is 47.4 Å². The molecule has 0 saturated carbocycles. The van der Waals surface area contributed by atoms with Crippen LogP contribution in [0.4, 0.5) is 10.1 Å². The summed E-state index contributed by atoms with van der Waals surface area (Å²) in [6.07, 6.45) is 0.837. The van der Waals surface area contributed by atoms with Crippen molar-refractivity contribution in [2.45, 2.75) is 26.4 Å². The van der Waals surface area contributed by atoms with Gasteiger partial charge in [0.25, 0.3) is 0 Å². The maximum absolute atomic E-state index is 14.2. The summed E-state index contributed by atoms with van der Waals surface area (Å²) in [5.41, 5.74) is 3.60. The van der Waals surface area contributed by atoms with Crippen LogP contribution in [0, 0.1) is 12.7 Å². The second kappa shape index (κ2) is 12.0. The van der Waals surface area contributed by atoms with Crippen LogP contribution in [0.15, 0.2) is 41.4 Å². The molecule has 0 bridgehead atoms. The third-order valence-electron chi connectivity index (χ3n) is 4.60. The number of aliphatic imine (C=N–C) groups is 1. The molecule has 0 heterocycles. The summed E-state index contributed by atoms with van der Waals surface area (Å²) in [4.78, 5) is 6.01. The molecule has 0 spiro atoms. The minimum atomic E-state index is -0.239. The summed E-state index contributed by atoms with van der Waals surface area (Å²) in [7, 11) is 7.04. The number of ether oxygens (including phenoxy) is 2. The maximum Gasteiger partial charge on any atom is 0.191 e. The van der Waals surface area contributed by atoms with E-state index in [4.69, 9.17) is 9.47 Å². The van der Waals surface area contributed by atoms with Gasteiger partial charge in [0.2, 0.25) is 0 Å². The van der Waals surface area contributed by atoms with E-state index in [2.05, 4.69) is 27.8 Å². The molecule has 7 heteroatoms. The van der Waals surface area contributed by atoms with Gasteiger partial charge in [0, 0.05) is 59.9 Å². The molecule has 30 heavy (non-hydrogen) atoms. The lowest BCUT2D eigenvalue weighted by Crippen LogP contribution is -2.36. The minimum Gasteiger partial charge on any atom is -0.493 e. The lowest BCUT2D eigenvalue weighted by atomic mass is 10.1. The first kappa shape index (κ1) is 23.5. The fourth-order valence-corrected chi connectivity index (χ4v) is 2.94. The predicted octanol–water partition coefficient (Wildman–Crippen LogP) is 3.48. The van der Waals surface area contributed by atoms with Crippen LogP contribution in [0.1, 0.15) is 23.1 Å². The van der Waals surface area contributed by atoms with E-state index in [1.165, 1.54) is 0 Å². The molecule has 0 fully saturated rings. The number of rotatable bonds is 10. The number of hydrogen-bond acceptors (Lipinski definition) is 4. The monoisotopic (exact) mass is 416 g/mol. The maximum atomic E-state index is 14.2. The Labute approximate surface area is 179 Å². The van der Waals surface area contributed by atoms with Gasteiger partial charge in [0.05, 0.1) is 12.3 Å². The number of aryl methyl sites for hydroxylation is 1. The average molecular weight is 417 g/mol. The zero-order valence-corrected chi connectivity index (χ0v) is 18.6. The second-order valence-corrected chi connectivity index (χ2v) is 7.27. The molecule has 6 nitrogen and oxygen atoms in total. The Balaban J connectivity index is 1.93. The van der Waals surface area contributed by atoms with E-state index >= 15 is 0 Å². The Morgan fingerprint density at radius 1 is 1.07 bits per heavy atom. The Bertz CT molecular complexity index is 840. The van der Waals surface area contributed by atoms with E-state index < -0.39 is 0 Å². The van der Waals surface area contributed by atoms with E-state index in [-0.39, 0.29) is 5.82 Å². The number of halogens is 1. The molecule has 0 radical (unpaired) electrons. The number of hydrogen-bond donors (Lipinski definition) is 2. The summed E-state index contributed by atoms with van der Waals surface area (Å²) in [5.74, 6) is 1.26. The zero-order chi connectivity index (χ0) is 21.9. The predicted molar refractivity (Wildman–Crippen MR) is 121 cm³/mol. The fourth-order valence-electron chi connectivity index (χ4n) is 2.94. The van der Waals surface area contributed by atoms with Crippen molar-refractivity contribution in [2.24, 2.45) is 4.99 Å². The number of guanidine groups is 1. The van der Waals surface area contributed by atoms with E-state index in [0.717, 1.165) is 28.9 Å². The summed E-state index contributed by atoms with van der Waals surface area (Å²) in [5, 5.41) is 6.52. The number of methoxy groups -OCH3 is 1. The van der Waals surface area contributed by atoms with Crippen LogP contribution in [0.5, 0.6) is 5.75 Å². The van der Waals surface area contributed by atoms with Crippen molar-refractivity contribution in [1.82, 2.24) is 10.6 Å². The van der Waals surface area contributed by atoms with Crippen LogP contribution < -0.4 is 20.3 Å². The first-order valence-corrected chi connectivity index (χ1v) is 10.1. The molecule has 0 aliphatic carbocycles. The van der Waals surface area contributed by atoms with Crippen molar-refractivity contribution in [3.63, 3.8) is 0 Å². The number of anilines is 1. The number of nitrogens with one attached hydrogen (secondary N) is 2. The van der Waals surface area contributed by atoms with Crippen molar-refractivity contribution in [3.05, 3.63) is 58.9 Å². The third-order valence-corrected chi connectivity index (χ3v) is 4.60. The van der Waals surface area contributed by atoms with Gasteiger partial charge in [-0.1, -0.05) is 18.2 Å². The number of nitrogens with zero attached hydrogens (tertiary/aromatic N) is 2. The summed E-state index contributed by atoms with van der Waals surface area (Å²) >= 11 is 0. The Hall–Kier alpha value is -2.80. The van der Waals surface area contributed by atoms with Gasteiger partial charge in [-0.15, -0.1) is 0 Å². The highest BCUT2D eigenvalue weighted by atomic mass is 19.1. The van der Waals surface area contributed by atoms with Gasteiger partial charge in [0.15, 0.2) is 5.96 Å². The molecular formula is C23H33FN4O2. The van der Waals surface area contributed by atoms with Gasteiger partial charge in [-0.3, -0.25) is 4.99 Å². The molecule has 2 N–H and O–H groups in total. The van der Waals surface area contributed by atoms with Gasteiger partial charge in [0.1, 0.15) is 11.6 Å². The van der Waals surface area contributed by atoms with Crippen molar-refractivity contribution >= 4 is 11.6 Å². The molecule has 2 aromatic rings. The Kier molecular flexibility index (Phi) is 9.41. The van der Waals surface area contributed by atoms with E-state index in [1.807, 2.05) is 33.2 Å². The van der Waals surface area contributed by atoms with Gasteiger partial charge < -0.3 is 25.0 Å². The molecule has 0 atom stereocenters. The topological polar surface area (TPSA) is 58.1 Å². The second-order valence-electron chi connectivity index (χ2n) is 7.27. The van der Waals surface area contributed by atoms with Crippen molar-refractivity contribution < 1.29 is 13.9 Å². The van der Waals surface area contributed by atoms with Gasteiger partial charge in [-0.25, -0.2) is 4.39 Å². The van der Waals surface area contributed by atoms with Crippen molar-refractivity contribution in [3.8, 4) is 5.75 Å². The molecule has 0 unspecified atom stereocenters. The fraction of sp³-hybridized carbons (Fsp3) is 0.435. The molecule has 2 rings (SSSR count). The first-order chi connectivity index (χ1) is 14.4. The normalized spacial score (nSPS) is 11.3. The summed E-state index contributed by atoms with van der Waals surface area (Å²) < 4.78 is 25.2. The van der Waals surface area contributed by atoms with Gasteiger partial charge in [-0.2, -0.15) is 0 Å². The van der Waals surface area contributed by atoms with Gasteiger partial charge in [-0.05, 0) is 36.2 Å². The average Bonchev–Trinajstić information content (AvgIpc) is 2.72. The molecule has 0 aliphatic rings. The Morgan fingerprint density at radius 2 is 1.83 bits per heavy atom. The SMILES string of the molecule is CN=C(NCc1ccc(N(C)C)c(F)c1)NCc1ccc(C)cc1OCCCOC. The molecule has 164 valence electrons. The van der Waals surface area contributed by atoms with E-state index in [1.54, 1.807) is 31.2 Å². The number of benzene rings is 2. The van der Waals surface area contributed by atoms with E-state index in [0.29, 0.717) is 38.0 Å². The van der Waals surface area contributed by atoms with Crippen LogP contribution >= 0.6 is 0 Å². The standard InChI is InChI=1S/C23H33FN4O2/c1-17-7-9-19(22(13-17)30-12-6-11-29-5)16-27-23(25-2)26-15-18-8-10-21(28(3)4)20(24)14-18/h7-10,13-14H,6,11-12,15-16H2,1-5H3,(H2,25,26,27). The molecule has 0 amide bonds. The minimum absolute atomic E-state index is 0.239. The lowest BCUT2D eigenvalue weighted by Gasteiger charge is -2.16. The lowest BCUT2D eigenvalue weighted by molar-refractivity contribution is 0.171. The summed E-state index contributed by atoms with van der Waals surface area (Å²) in [6.45, 7) is 4.35. The molecule has 0 aliphatic heterocycles. The van der Waals surface area contributed by atoms with Crippen LogP contribution in [0.2, 0.25) is 0 Å². The summed E-state index contributed by atoms with van der Waals surface area (Å²) in [6, 6.07) is 11.4. The van der Waals surface area contributed by atoms with Crippen molar-refractivity contribution in [1.29, 1.82) is 0 Å². The highest BCUT2D eigenvalue weighted by Crippen LogP contribution is 2.21. The molecular weight excluding hydrogens is 383 g/mol.